The number of carbonyl (C=O) groups is 1. The Hall–Kier alpha value is 0.290. The van der Waals surface area contributed by atoms with Gasteiger partial charge in [-0.3, -0.25) is 10.6 Å². The number of nitrogens with one attached hydrogen (secondary N) is 1. The number of hydrazine groups is 1. The van der Waals surface area contributed by atoms with E-state index in [0.29, 0.717) is 5.75 Å². The summed E-state index contributed by atoms with van der Waals surface area (Å²) in [6.45, 7) is 7.97. The van der Waals surface area contributed by atoms with Gasteiger partial charge in [-0.25, -0.2) is 5.43 Å². The monoisotopic (exact) mass is 222 g/mol. The van der Waals surface area contributed by atoms with Crippen molar-refractivity contribution in [2.24, 2.45) is 5.84 Å². The molecule has 0 bridgehead atoms. The first kappa shape index (κ1) is 13.3. The van der Waals surface area contributed by atoms with Crippen LogP contribution in [0, 0.1) is 0 Å². The molecule has 0 heterocycles. The number of hydrogen-bond acceptors (Lipinski definition) is 5. The van der Waals surface area contributed by atoms with Crippen molar-refractivity contribution < 1.29 is 4.79 Å². The molecule has 0 radical (unpaired) electrons. The van der Waals surface area contributed by atoms with Crippen molar-refractivity contribution in [1.29, 1.82) is 0 Å². The van der Waals surface area contributed by atoms with Gasteiger partial charge in [0.2, 0.25) is 0 Å². The Labute approximate surface area is 88.0 Å². The van der Waals surface area contributed by atoms with E-state index in [9.17, 15) is 4.79 Å². The number of rotatable bonds is 5. The van der Waals surface area contributed by atoms with Crippen LogP contribution in [0.25, 0.3) is 0 Å². The third-order valence-electron chi connectivity index (χ3n) is 1.24. The van der Waals surface area contributed by atoms with Gasteiger partial charge < -0.3 is 0 Å². The lowest BCUT2D eigenvalue weighted by molar-refractivity contribution is -0.118. The Morgan fingerprint density at radius 1 is 1.54 bits per heavy atom. The van der Waals surface area contributed by atoms with Gasteiger partial charge in [0.1, 0.15) is 5.78 Å². The summed E-state index contributed by atoms with van der Waals surface area (Å²) in [5.74, 6) is 6.03. The van der Waals surface area contributed by atoms with Crippen LogP contribution in [0.5, 0.6) is 0 Å². The fourth-order valence-electron chi connectivity index (χ4n) is 0.562. The van der Waals surface area contributed by atoms with Crippen molar-refractivity contribution in [2.45, 2.75) is 38.5 Å². The zero-order valence-electron chi connectivity index (χ0n) is 8.59. The molecular formula is C8H18N2OS2. The smallest absolute Gasteiger partial charge is 0.148 e. The van der Waals surface area contributed by atoms with Gasteiger partial charge in [0.05, 0.1) is 6.04 Å². The summed E-state index contributed by atoms with van der Waals surface area (Å²) in [4.78, 5) is 11.0. The molecule has 5 heteroatoms. The first-order valence-electron chi connectivity index (χ1n) is 4.14. The van der Waals surface area contributed by atoms with Crippen molar-refractivity contribution in [1.82, 2.24) is 5.43 Å². The van der Waals surface area contributed by atoms with Crippen LogP contribution >= 0.6 is 21.6 Å². The predicted octanol–water partition coefficient (Wildman–Crippen LogP) is 1.59. The molecule has 3 nitrogen and oxygen atoms in total. The molecule has 0 aromatic rings. The molecule has 0 aliphatic carbocycles. The van der Waals surface area contributed by atoms with Gasteiger partial charge in [-0.15, -0.1) is 0 Å². The molecule has 3 N–H and O–H groups in total. The zero-order valence-corrected chi connectivity index (χ0v) is 10.2. The van der Waals surface area contributed by atoms with Gasteiger partial charge in [0, 0.05) is 10.5 Å². The van der Waals surface area contributed by atoms with Crippen molar-refractivity contribution in [3.63, 3.8) is 0 Å². The van der Waals surface area contributed by atoms with Crippen molar-refractivity contribution in [3.8, 4) is 0 Å². The maximum absolute atomic E-state index is 11.0. The standard InChI is InChI=1S/C8H18N2OS2/c1-6(11)7(10-9)5-12-13-8(2,3)4/h7,10H,5,9H2,1-4H3. The lowest BCUT2D eigenvalue weighted by Gasteiger charge is -2.18. The number of carbonyl (C=O) groups excluding carboxylic acids is 1. The quantitative estimate of drug-likeness (QED) is 0.420. The van der Waals surface area contributed by atoms with Crippen LogP contribution in [0.1, 0.15) is 27.7 Å². The van der Waals surface area contributed by atoms with Gasteiger partial charge >= 0.3 is 0 Å². The van der Waals surface area contributed by atoms with E-state index in [1.807, 2.05) is 0 Å². The molecule has 1 atom stereocenters. The fourth-order valence-corrected chi connectivity index (χ4v) is 3.12. The van der Waals surface area contributed by atoms with Gasteiger partial charge in [-0.1, -0.05) is 42.4 Å². The summed E-state index contributed by atoms with van der Waals surface area (Å²) in [7, 11) is 3.44. The minimum absolute atomic E-state index is 0.0875. The lowest BCUT2D eigenvalue weighted by atomic mass is 10.2. The van der Waals surface area contributed by atoms with Gasteiger partial charge in [0.25, 0.3) is 0 Å². The van der Waals surface area contributed by atoms with Gasteiger partial charge in [-0.05, 0) is 6.92 Å². The van der Waals surface area contributed by atoms with E-state index in [2.05, 4.69) is 26.2 Å². The highest BCUT2D eigenvalue weighted by Crippen LogP contribution is 2.35. The van der Waals surface area contributed by atoms with Gasteiger partial charge in [-0.2, -0.15) is 0 Å². The Morgan fingerprint density at radius 2 is 2.08 bits per heavy atom. The largest absolute Gasteiger partial charge is 0.298 e. The zero-order chi connectivity index (χ0) is 10.5. The molecule has 0 aromatic heterocycles. The molecule has 0 fully saturated rings. The van der Waals surface area contributed by atoms with Crippen LogP contribution in [0.4, 0.5) is 0 Å². The average Bonchev–Trinajstić information content (AvgIpc) is 1.95. The highest BCUT2D eigenvalue weighted by atomic mass is 33.1. The fraction of sp³-hybridized carbons (Fsp3) is 0.875. The minimum atomic E-state index is -0.222. The number of hydrogen-bond donors (Lipinski definition) is 2. The Morgan fingerprint density at radius 3 is 2.38 bits per heavy atom. The third-order valence-corrected chi connectivity index (χ3v) is 4.58. The predicted molar refractivity (Wildman–Crippen MR) is 61.6 cm³/mol. The molecule has 78 valence electrons. The van der Waals surface area contributed by atoms with Crippen LogP contribution in [0.15, 0.2) is 0 Å². The first-order chi connectivity index (χ1) is 5.87. The Bertz CT molecular complexity index is 168. The Balaban J connectivity index is 3.68. The molecule has 0 amide bonds. The number of nitrogens with two attached hydrogens (primary N) is 1. The molecule has 0 aliphatic heterocycles. The van der Waals surface area contributed by atoms with Crippen molar-refractivity contribution in [3.05, 3.63) is 0 Å². The third kappa shape index (κ3) is 7.37. The van der Waals surface area contributed by atoms with Crippen LogP contribution in [-0.2, 0) is 4.79 Å². The van der Waals surface area contributed by atoms with Crippen LogP contribution in [0.2, 0.25) is 0 Å². The van der Waals surface area contributed by atoms with Crippen molar-refractivity contribution in [2.75, 3.05) is 5.75 Å². The second-order valence-electron chi connectivity index (χ2n) is 3.81. The SMILES string of the molecule is CC(=O)C(CSSC(C)(C)C)NN. The van der Waals surface area contributed by atoms with E-state index in [0.717, 1.165) is 0 Å². The van der Waals surface area contributed by atoms with E-state index in [1.54, 1.807) is 28.5 Å². The summed E-state index contributed by atoms with van der Waals surface area (Å²) in [5.41, 5.74) is 2.50. The second-order valence-corrected chi connectivity index (χ2v) is 6.98. The summed E-state index contributed by atoms with van der Waals surface area (Å²) in [6, 6.07) is -0.222. The second kappa shape index (κ2) is 5.90. The molecule has 13 heavy (non-hydrogen) atoms. The molecule has 0 aliphatic rings. The molecule has 0 saturated carbocycles. The van der Waals surface area contributed by atoms with Crippen LogP contribution in [0.3, 0.4) is 0 Å². The molecular weight excluding hydrogens is 204 g/mol. The van der Waals surface area contributed by atoms with Crippen molar-refractivity contribution >= 4 is 27.4 Å². The summed E-state index contributed by atoms with van der Waals surface area (Å²) in [5, 5.41) is 0. The molecule has 0 rings (SSSR count). The number of ketones is 1. The van der Waals surface area contributed by atoms with E-state index < -0.39 is 0 Å². The lowest BCUT2D eigenvalue weighted by Crippen LogP contribution is -2.42. The van der Waals surface area contributed by atoms with Gasteiger partial charge in [0.15, 0.2) is 0 Å². The Kier molecular flexibility index (Phi) is 6.04. The highest BCUT2D eigenvalue weighted by Gasteiger charge is 2.15. The molecule has 0 spiro atoms. The van der Waals surface area contributed by atoms with E-state index >= 15 is 0 Å². The summed E-state index contributed by atoms with van der Waals surface area (Å²) < 4.78 is 0.223. The average molecular weight is 222 g/mol. The first-order valence-corrected chi connectivity index (χ1v) is 6.46. The summed E-state index contributed by atoms with van der Waals surface area (Å²) in [6.07, 6.45) is 0. The maximum atomic E-state index is 11.0. The van der Waals surface area contributed by atoms with Crippen LogP contribution < -0.4 is 11.3 Å². The minimum Gasteiger partial charge on any atom is -0.298 e. The summed E-state index contributed by atoms with van der Waals surface area (Å²) >= 11 is 0. The molecule has 0 saturated heterocycles. The topological polar surface area (TPSA) is 55.1 Å². The highest BCUT2D eigenvalue weighted by molar-refractivity contribution is 8.77. The van der Waals surface area contributed by atoms with E-state index in [-0.39, 0.29) is 16.6 Å². The normalized spacial score (nSPS) is 14.2. The van der Waals surface area contributed by atoms with Crippen LogP contribution in [-0.4, -0.2) is 22.3 Å². The molecule has 0 aromatic carbocycles. The van der Waals surface area contributed by atoms with E-state index in [4.69, 9.17) is 5.84 Å². The number of Topliss-reactive ketones (excluding diaryl/α,β-unsaturated/α-hetero) is 1. The van der Waals surface area contributed by atoms with E-state index in [1.165, 1.54) is 0 Å². The molecule has 1 unspecified atom stereocenters. The maximum Gasteiger partial charge on any atom is 0.148 e.